The van der Waals surface area contributed by atoms with Crippen LogP contribution >= 0.6 is 0 Å². The zero-order valence-electron chi connectivity index (χ0n) is 21.0. The molecule has 5 rings (SSSR count). The van der Waals surface area contributed by atoms with Crippen LogP contribution in [0.2, 0.25) is 0 Å². The Morgan fingerprint density at radius 3 is 2.41 bits per heavy atom. The number of rotatable bonds is 8. The fourth-order valence-electron chi connectivity index (χ4n) is 5.12. The number of fused-ring (bicyclic) bond motifs is 1. The van der Waals surface area contributed by atoms with Crippen molar-refractivity contribution in [2.45, 2.75) is 38.8 Å². The third-order valence-corrected chi connectivity index (χ3v) is 7.22. The van der Waals surface area contributed by atoms with Crippen LogP contribution in [0.4, 0.5) is 5.69 Å². The predicted octanol–water partition coefficient (Wildman–Crippen LogP) is 5.32. The molecule has 0 unspecified atom stereocenters. The van der Waals surface area contributed by atoms with Crippen LogP contribution in [0.15, 0.2) is 90.2 Å². The van der Waals surface area contributed by atoms with Gasteiger partial charge in [0.05, 0.1) is 12.2 Å². The number of carbonyl (C=O) groups is 1. The number of benzene rings is 2. The lowest BCUT2D eigenvalue weighted by molar-refractivity contribution is -0.121. The number of aromatic nitrogens is 2. The number of guanidine groups is 1. The molecular weight excluding hydrogens is 460 g/mol. The maximum atomic E-state index is 13.0. The van der Waals surface area contributed by atoms with E-state index in [2.05, 4.69) is 56.6 Å². The number of H-pyrrole nitrogens is 1. The summed E-state index contributed by atoms with van der Waals surface area (Å²) in [6.07, 6.45) is 7.29. The Morgan fingerprint density at radius 1 is 0.973 bits per heavy atom. The van der Waals surface area contributed by atoms with Gasteiger partial charge in [-0.05, 0) is 54.9 Å². The lowest BCUT2D eigenvalue weighted by Crippen LogP contribution is -2.41. The summed E-state index contributed by atoms with van der Waals surface area (Å²) in [7, 11) is 0. The molecular formula is C30H34N6O. The lowest BCUT2D eigenvalue weighted by atomic mass is 9.81. The smallest absolute Gasteiger partial charge is 0.227 e. The molecule has 1 aliphatic carbocycles. The van der Waals surface area contributed by atoms with Crippen molar-refractivity contribution in [2.75, 3.05) is 11.9 Å². The highest BCUT2D eigenvalue weighted by Crippen LogP contribution is 2.31. The first-order valence-corrected chi connectivity index (χ1v) is 13.0. The van der Waals surface area contributed by atoms with Gasteiger partial charge in [0.25, 0.3) is 0 Å². The number of pyridine rings is 1. The molecule has 0 aliphatic heterocycles. The van der Waals surface area contributed by atoms with Gasteiger partial charge in [-0.2, -0.15) is 0 Å². The standard InChI is InChI=1S/C30H34N6O/c31-30(34-19-22-7-3-1-4-8-22)36(20-23-9-5-2-6-10-23)21-24-11-13-25(14-12-24)29(37)35-27-16-18-33-28-26(27)15-17-32-28/h1-10,15-18,24-25H,11-14,19-21H2,(H2,31,34)(H2,32,33,35,37). The van der Waals surface area contributed by atoms with Gasteiger partial charge in [0, 0.05) is 36.8 Å². The molecule has 1 fully saturated rings. The van der Waals surface area contributed by atoms with Gasteiger partial charge in [-0.1, -0.05) is 60.7 Å². The first kappa shape index (κ1) is 24.6. The molecule has 1 saturated carbocycles. The number of nitrogens with two attached hydrogens (primary N) is 1. The number of aliphatic imine (C=N–C) groups is 1. The summed E-state index contributed by atoms with van der Waals surface area (Å²) in [6, 6.07) is 24.4. The first-order chi connectivity index (χ1) is 18.2. The van der Waals surface area contributed by atoms with Crippen LogP contribution in [0.1, 0.15) is 36.8 Å². The van der Waals surface area contributed by atoms with E-state index in [0.29, 0.717) is 18.4 Å². The highest BCUT2D eigenvalue weighted by molar-refractivity contribution is 6.00. The normalized spacial score (nSPS) is 18.0. The minimum atomic E-state index is 0.0186. The van der Waals surface area contributed by atoms with Crippen LogP contribution in [0, 0.1) is 11.8 Å². The largest absolute Gasteiger partial charge is 0.370 e. The van der Waals surface area contributed by atoms with Gasteiger partial charge in [-0.15, -0.1) is 0 Å². The highest BCUT2D eigenvalue weighted by atomic mass is 16.1. The second-order valence-corrected chi connectivity index (χ2v) is 9.83. The Hall–Kier alpha value is -4.13. The van der Waals surface area contributed by atoms with Crippen molar-refractivity contribution < 1.29 is 4.79 Å². The van der Waals surface area contributed by atoms with Crippen LogP contribution < -0.4 is 11.1 Å². The van der Waals surface area contributed by atoms with E-state index >= 15 is 0 Å². The van der Waals surface area contributed by atoms with E-state index in [9.17, 15) is 4.79 Å². The minimum absolute atomic E-state index is 0.0186. The van der Waals surface area contributed by atoms with Crippen molar-refractivity contribution in [3.8, 4) is 0 Å². The van der Waals surface area contributed by atoms with E-state index in [1.807, 2.05) is 42.6 Å². The Morgan fingerprint density at radius 2 is 1.68 bits per heavy atom. The number of hydrogen-bond donors (Lipinski definition) is 3. The van der Waals surface area contributed by atoms with Crippen LogP contribution in [0.25, 0.3) is 11.0 Å². The predicted molar refractivity (Wildman–Crippen MR) is 149 cm³/mol. The fourth-order valence-corrected chi connectivity index (χ4v) is 5.12. The van der Waals surface area contributed by atoms with Crippen molar-refractivity contribution in [2.24, 2.45) is 22.6 Å². The summed E-state index contributed by atoms with van der Waals surface area (Å²) in [5, 5.41) is 4.07. The van der Waals surface area contributed by atoms with E-state index < -0.39 is 0 Å². The molecule has 4 aromatic rings. The fraction of sp³-hybridized carbons (Fsp3) is 0.300. The molecule has 4 N–H and O–H groups in total. The SMILES string of the molecule is NC(=NCc1ccccc1)N(Cc1ccccc1)CC1CCC(C(=O)Nc2ccnc3[nH]ccc23)CC1. The van der Waals surface area contributed by atoms with Crippen LogP contribution in [0.5, 0.6) is 0 Å². The van der Waals surface area contributed by atoms with Crippen molar-refractivity contribution >= 4 is 28.6 Å². The number of carbonyl (C=O) groups excluding carboxylic acids is 1. The quantitative estimate of drug-likeness (QED) is 0.228. The van der Waals surface area contributed by atoms with Crippen molar-refractivity contribution in [1.29, 1.82) is 0 Å². The van der Waals surface area contributed by atoms with E-state index in [1.54, 1.807) is 6.20 Å². The Kier molecular flexibility index (Phi) is 7.79. The van der Waals surface area contributed by atoms with Gasteiger partial charge in [-0.3, -0.25) is 4.79 Å². The molecule has 1 amide bonds. The number of hydrogen-bond acceptors (Lipinski definition) is 3. The third kappa shape index (κ3) is 6.36. The number of aromatic amines is 1. The molecule has 190 valence electrons. The molecule has 0 spiro atoms. The summed E-state index contributed by atoms with van der Waals surface area (Å²) in [6.45, 7) is 2.12. The molecule has 2 heterocycles. The second kappa shape index (κ2) is 11.7. The summed E-state index contributed by atoms with van der Waals surface area (Å²) in [5.41, 5.74) is 10.5. The molecule has 0 atom stereocenters. The topological polar surface area (TPSA) is 99.4 Å². The summed E-state index contributed by atoms with van der Waals surface area (Å²) < 4.78 is 0. The van der Waals surface area contributed by atoms with E-state index in [4.69, 9.17) is 10.7 Å². The number of nitrogens with zero attached hydrogens (tertiary/aromatic N) is 3. The Balaban J connectivity index is 1.20. The Bertz CT molecular complexity index is 1330. The minimum Gasteiger partial charge on any atom is -0.370 e. The maximum absolute atomic E-state index is 13.0. The van der Waals surface area contributed by atoms with Crippen LogP contribution in [0.3, 0.4) is 0 Å². The molecule has 7 heteroatoms. The monoisotopic (exact) mass is 494 g/mol. The molecule has 37 heavy (non-hydrogen) atoms. The van der Waals surface area contributed by atoms with E-state index in [-0.39, 0.29) is 11.8 Å². The molecule has 0 bridgehead atoms. The van der Waals surface area contributed by atoms with Gasteiger partial charge in [0.15, 0.2) is 5.96 Å². The maximum Gasteiger partial charge on any atom is 0.227 e. The van der Waals surface area contributed by atoms with Gasteiger partial charge >= 0.3 is 0 Å². The van der Waals surface area contributed by atoms with E-state index in [0.717, 1.165) is 61.1 Å². The summed E-state index contributed by atoms with van der Waals surface area (Å²) in [5.74, 6) is 1.15. The molecule has 0 saturated heterocycles. The van der Waals surface area contributed by atoms with Crippen LogP contribution in [-0.4, -0.2) is 33.3 Å². The average molecular weight is 495 g/mol. The molecule has 7 nitrogen and oxygen atoms in total. The number of nitrogens with one attached hydrogen (secondary N) is 2. The third-order valence-electron chi connectivity index (χ3n) is 7.22. The van der Waals surface area contributed by atoms with Gasteiger partial charge in [0.2, 0.25) is 5.91 Å². The number of amides is 1. The van der Waals surface area contributed by atoms with Crippen molar-refractivity contribution in [3.05, 3.63) is 96.3 Å². The number of anilines is 1. The van der Waals surface area contributed by atoms with Crippen LogP contribution in [-0.2, 0) is 17.9 Å². The summed E-state index contributed by atoms with van der Waals surface area (Å²) >= 11 is 0. The molecule has 1 aliphatic rings. The molecule has 0 radical (unpaired) electrons. The van der Waals surface area contributed by atoms with E-state index in [1.165, 1.54) is 5.56 Å². The first-order valence-electron chi connectivity index (χ1n) is 13.0. The average Bonchev–Trinajstić information content (AvgIpc) is 3.43. The zero-order valence-corrected chi connectivity index (χ0v) is 21.0. The highest BCUT2D eigenvalue weighted by Gasteiger charge is 2.28. The van der Waals surface area contributed by atoms with Crippen molar-refractivity contribution in [3.63, 3.8) is 0 Å². The van der Waals surface area contributed by atoms with Gasteiger partial charge in [0.1, 0.15) is 5.65 Å². The second-order valence-electron chi connectivity index (χ2n) is 9.83. The molecule has 2 aromatic heterocycles. The van der Waals surface area contributed by atoms with Gasteiger partial charge in [-0.25, -0.2) is 9.98 Å². The van der Waals surface area contributed by atoms with Crippen molar-refractivity contribution in [1.82, 2.24) is 14.9 Å². The summed E-state index contributed by atoms with van der Waals surface area (Å²) in [4.78, 5) is 27.3. The molecule has 2 aromatic carbocycles. The Labute approximate surface area is 217 Å². The zero-order chi connectivity index (χ0) is 25.5. The lowest BCUT2D eigenvalue weighted by Gasteiger charge is -2.33. The van der Waals surface area contributed by atoms with Gasteiger partial charge < -0.3 is 20.9 Å².